The summed E-state index contributed by atoms with van der Waals surface area (Å²) >= 11 is 0. The zero-order valence-electron chi connectivity index (χ0n) is 15.2. The number of benzene rings is 1. The number of hydrogen-bond donors (Lipinski definition) is 1. The second-order valence-corrected chi connectivity index (χ2v) is 6.85. The molecule has 0 radical (unpaired) electrons. The van der Waals surface area contributed by atoms with Gasteiger partial charge in [-0.3, -0.25) is 4.79 Å². The van der Waals surface area contributed by atoms with Gasteiger partial charge in [0.05, 0.1) is 0 Å². The second kappa shape index (κ2) is 7.64. The number of para-hydroxylation sites is 1. The number of hydrogen-bond acceptors (Lipinski definition) is 4. The fourth-order valence-corrected chi connectivity index (χ4v) is 3.32. The third kappa shape index (κ3) is 4.16. The molecule has 0 saturated carbocycles. The van der Waals surface area contributed by atoms with Gasteiger partial charge in [-0.15, -0.1) is 0 Å². The number of anilines is 2. The molecule has 25 heavy (non-hydrogen) atoms. The van der Waals surface area contributed by atoms with Crippen LogP contribution in [0.5, 0.6) is 0 Å². The molecule has 1 atom stereocenters. The Kier molecular flexibility index (Phi) is 5.31. The molecule has 1 fully saturated rings. The Hall–Kier alpha value is -2.43. The van der Waals surface area contributed by atoms with Crippen molar-refractivity contribution < 1.29 is 4.79 Å². The van der Waals surface area contributed by atoms with Crippen molar-refractivity contribution in [2.75, 3.05) is 23.3 Å². The minimum atomic E-state index is -0.183. The van der Waals surface area contributed by atoms with E-state index in [-0.39, 0.29) is 5.91 Å². The monoisotopic (exact) mass is 338 g/mol. The van der Waals surface area contributed by atoms with Crippen LogP contribution < -0.4 is 10.2 Å². The fraction of sp³-hybridized carbons (Fsp3) is 0.450. The number of nitrogens with one attached hydrogen (secondary N) is 1. The first-order chi connectivity index (χ1) is 12.1. The van der Waals surface area contributed by atoms with Crippen LogP contribution in [0, 0.1) is 12.8 Å². The number of carbonyl (C=O) groups is 1. The van der Waals surface area contributed by atoms with Crippen LogP contribution in [0.25, 0.3) is 0 Å². The van der Waals surface area contributed by atoms with Gasteiger partial charge in [-0.2, -0.15) is 0 Å². The summed E-state index contributed by atoms with van der Waals surface area (Å²) in [6.07, 6.45) is 3.25. The topological polar surface area (TPSA) is 58.1 Å². The van der Waals surface area contributed by atoms with E-state index >= 15 is 0 Å². The Morgan fingerprint density at radius 3 is 2.88 bits per heavy atom. The lowest BCUT2D eigenvalue weighted by atomic mass is 10.0. The minimum absolute atomic E-state index is 0.183. The summed E-state index contributed by atoms with van der Waals surface area (Å²) in [6, 6.07) is 9.62. The van der Waals surface area contributed by atoms with E-state index in [2.05, 4.69) is 34.0 Å². The molecule has 0 spiro atoms. The Morgan fingerprint density at radius 1 is 1.32 bits per heavy atom. The van der Waals surface area contributed by atoms with E-state index in [4.69, 9.17) is 0 Å². The highest BCUT2D eigenvalue weighted by atomic mass is 16.1. The van der Waals surface area contributed by atoms with Crippen molar-refractivity contribution in [2.24, 2.45) is 5.92 Å². The van der Waals surface area contributed by atoms with Crippen LogP contribution in [0.3, 0.4) is 0 Å². The van der Waals surface area contributed by atoms with Crippen LogP contribution >= 0.6 is 0 Å². The Morgan fingerprint density at radius 2 is 2.12 bits per heavy atom. The number of rotatable bonds is 4. The predicted octanol–water partition coefficient (Wildman–Crippen LogP) is 3.84. The van der Waals surface area contributed by atoms with Crippen molar-refractivity contribution in [3.8, 4) is 0 Å². The van der Waals surface area contributed by atoms with Crippen molar-refractivity contribution >= 4 is 17.5 Å². The van der Waals surface area contributed by atoms with Gasteiger partial charge in [-0.1, -0.05) is 32.0 Å². The van der Waals surface area contributed by atoms with Gasteiger partial charge in [0.1, 0.15) is 5.69 Å². The number of piperidine rings is 1. The van der Waals surface area contributed by atoms with E-state index in [1.54, 1.807) is 6.07 Å². The molecule has 2 aromatic rings. The summed E-state index contributed by atoms with van der Waals surface area (Å²) in [6.45, 7) is 8.14. The Bertz CT molecular complexity index is 759. The summed E-state index contributed by atoms with van der Waals surface area (Å²) in [5.74, 6) is 1.12. The quantitative estimate of drug-likeness (QED) is 0.920. The molecule has 0 aliphatic carbocycles. The van der Waals surface area contributed by atoms with Gasteiger partial charge >= 0.3 is 0 Å². The summed E-state index contributed by atoms with van der Waals surface area (Å²) in [5.41, 5.74) is 3.20. The molecular formula is C20H26N4O. The van der Waals surface area contributed by atoms with Gasteiger partial charge in [0.2, 0.25) is 5.95 Å². The molecule has 1 aliphatic heterocycles. The first kappa shape index (κ1) is 17.4. The maximum atomic E-state index is 12.7. The van der Waals surface area contributed by atoms with Gasteiger partial charge in [0.15, 0.2) is 0 Å². The Labute approximate surface area is 149 Å². The van der Waals surface area contributed by atoms with E-state index in [1.807, 2.05) is 31.2 Å². The minimum Gasteiger partial charge on any atom is -0.341 e. The largest absolute Gasteiger partial charge is 0.341 e. The molecule has 5 nitrogen and oxygen atoms in total. The summed E-state index contributed by atoms with van der Waals surface area (Å²) in [7, 11) is 0. The summed E-state index contributed by atoms with van der Waals surface area (Å²) in [4.78, 5) is 24.0. The maximum Gasteiger partial charge on any atom is 0.274 e. The molecule has 1 aromatic heterocycles. The number of aryl methyl sites for hydroxylation is 2. The third-order valence-corrected chi connectivity index (χ3v) is 4.66. The van der Waals surface area contributed by atoms with Crippen LogP contribution in [0.1, 0.15) is 48.4 Å². The molecule has 1 amide bonds. The molecule has 1 aliphatic rings. The molecule has 132 valence electrons. The van der Waals surface area contributed by atoms with Gasteiger partial charge in [-0.25, -0.2) is 9.97 Å². The van der Waals surface area contributed by atoms with Gasteiger partial charge < -0.3 is 10.2 Å². The van der Waals surface area contributed by atoms with E-state index < -0.39 is 0 Å². The Balaban J connectivity index is 1.83. The fourth-order valence-electron chi connectivity index (χ4n) is 3.32. The van der Waals surface area contributed by atoms with Crippen molar-refractivity contribution in [2.45, 2.75) is 40.0 Å². The number of carbonyl (C=O) groups excluding carboxylic acids is 1. The lowest BCUT2D eigenvalue weighted by Gasteiger charge is -2.31. The van der Waals surface area contributed by atoms with Gasteiger partial charge in [0.25, 0.3) is 5.91 Å². The smallest absolute Gasteiger partial charge is 0.274 e. The van der Waals surface area contributed by atoms with Crippen LogP contribution in [0.15, 0.2) is 30.3 Å². The lowest BCUT2D eigenvalue weighted by Crippen LogP contribution is -2.36. The molecule has 3 rings (SSSR count). The van der Waals surface area contributed by atoms with Crippen LogP contribution in [0.2, 0.25) is 0 Å². The third-order valence-electron chi connectivity index (χ3n) is 4.66. The number of amides is 1. The van der Waals surface area contributed by atoms with Gasteiger partial charge in [-0.05, 0) is 49.8 Å². The van der Waals surface area contributed by atoms with Crippen LogP contribution in [0.4, 0.5) is 11.6 Å². The SMILES string of the molecule is CCc1ccccc1NC(=O)c1cc(C)nc(N2CCCC(C)C2)n1. The highest BCUT2D eigenvalue weighted by Gasteiger charge is 2.20. The summed E-state index contributed by atoms with van der Waals surface area (Å²) < 4.78 is 0. The standard InChI is InChI=1S/C20H26N4O/c1-4-16-9-5-6-10-17(16)22-19(25)18-12-15(3)21-20(23-18)24-11-7-8-14(2)13-24/h5-6,9-10,12,14H,4,7-8,11,13H2,1-3H3,(H,22,25). The molecular weight excluding hydrogens is 312 g/mol. The molecule has 1 saturated heterocycles. The van der Waals surface area contributed by atoms with E-state index in [0.29, 0.717) is 17.6 Å². The first-order valence-corrected chi connectivity index (χ1v) is 9.06. The first-order valence-electron chi connectivity index (χ1n) is 9.06. The maximum absolute atomic E-state index is 12.7. The zero-order chi connectivity index (χ0) is 17.8. The van der Waals surface area contributed by atoms with E-state index in [9.17, 15) is 4.79 Å². The molecule has 5 heteroatoms. The number of aromatic nitrogens is 2. The molecule has 2 heterocycles. The van der Waals surface area contributed by atoms with E-state index in [0.717, 1.165) is 42.9 Å². The number of nitrogens with zero attached hydrogens (tertiary/aromatic N) is 3. The highest BCUT2D eigenvalue weighted by molar-refractivity contribution is 6.03. The van der Waals surface area contributed by atoms with Crippen molar-refractivity contribution in [1.82, 2.24) is 9.97 Å². The molecule has 0 bridgehead atoms. The average molecular weight is 338 g/mol. The van der Waals surface area contributed by atoms with E-state index in [1.165, 1.54) is 6.42 Å². The average Bonchev–Trinajstić information content (AvgIpc) is 2.61. The van der Waals surface area contributed by atoms with Crippen LogP contribution in [-0.2, 0) is 6.42 Å². The molecule has 1 unspecified atom stereocenters. The normalized spacial score (nSPS) is 17.4. The van der Waals surface area contributed by atoms with Gasteiger partial charge in [0, 0.05) is 24.5 Å². The van der Waals surface area contributed by atoms with Crippen molar-refractivity contribution in [1.29, 1.82) is 0 Å². The van der Waals surface area contributed by atoms with Crippen molar-refractivity contribution in [3.63, 3.8) is 0 Å². The predicted molar refractivity (Wildman–Crippen MR) is 101 cm³/mol. The highest BCUT2D eigenvalue weighted by Crippen LogP contribution is 2.21. The van der Waals surface area contributed by atoms with Crippen LogP contribution in [-0.4, -0.2) is 29.0 Å². The zero-order valence-corrected chi connectivity index (χ0v) is 15.2. The summed E-state index contributed by atoms with van der Waals surface area (Å²) in [5, 5.41) is 3.00. The second-order valence-electron chi connectivity index (χ2n) is 6.85. The molecule has 1 aromatic carbocycles. The van der Waals surface area contributed by atoms with Crippen molar-refractivity contribution in [3.05, 3.63) is 47.3 Å². The molecule has 1 N–H and O–H groups in total. The lowest BCUT2D eigenvalue weighted by molar-refractivity contribution is 0.102.